The van der Waals surface area contributed by atoms with Crippen molar-refractivity contribution in [2.45, 2.75) is 277 Å². The summed E-state index contributed by atoms with van der Waals surface area (Å²) in [6, 6.07) is 0. The summed E-state index contributed by atoms with van der Waals surface area (Å²) < 4.78 is 39.5. The third kappa shape index (κ3) is 57.1. The quantitative estimate of drug-likeness (QED) is 0.0197. The predicted octanol–water partition coefficient (Wildman–Crippen LogP) is 18.8. The average molecular weight is 1110 g/mol. The Labute approximate surface area is 476 Å². The number of ether oxygens (including phenoxy) is 3. The molecule has 12 heteroatoms. The molecule has 11 nitrogen and oxygen atoms in total. The van der Waals surface area contributed by atoms with E-state index < -0.39 is 57.8 Å². The lowest BCUT2D eigenvalue weighted by Crippen LogP contribution is -2.30. The molecule has 0 spiro atoms. The molecule has 0 saturated heterocycles. The van der Waals surface area contributed by atoms with Crippen molar-refractivity contribution in [3.63, 3.8) is 0 Å². The first-order chi connectivity index (χ1) is 38.2. The molecule has 0 aromatic rings. The van der Waals surface area contributed by atoms with E-state index in [1.165, 1.54) is 103 Å². The third-order valence-electron chi connectivity index (χ3n) is 13.0. The fraction of sp³-hybridized carbons (Fsp3) is 0.712. The first kappa shape index (κ1) is 74.4. The summed E-state index contributed by atoms with van der Waals surface area (Å²) in [5.74, 6) is -1.58. The molecule has 0 aromatic heterocycles. The van der Waals surface area contributed by atoms with E-state index in [4.69, 9.17) is 23.3 Å². The van der Waals surface area contributed by atoms with E-state index in [2.05, 4.69) is 106 Å². The standard InChI is InChI=1S/C66H113O11P/c1-4-7-10-13-16-19-22-25-28-30-31-33-36-39-42-45-48-51-54-57-66(70)77-63(59-73-64(68)55-52-49-46-43-40-37-35-32-29-26-23-20-17-14-11-8-5-2)61-75-78(71,72)74-60-62(58-67)76-65(69)56-53-50-47-44-41-38-34-27-24-21-18-15-12-9-6-3/h7,10,16,19,25-29,31,33-34,39,42,48,51,62-63,67H,4-6,8-9,11-15,17-18,20-24,30,32,35-38,40-41,43-47,49-50,52-61H2,1-3H3,(H,71,72)/b10-7-,19-16-,28-25-,29-26-,33-31-,34-27-,42-39-,51-48-. The fourth-order valence-corrected chi connectivity index (χ4v) is 9.04. The molecule has 0 heterocycles. The number of aliphatic hydroxyl groups excluding tert-OH is 1. The van der Waals surface area contributed by atoms with Gasteiger partial charge in [0.25, 0.3) is 0 Å². The summed E-state index contributed by atoms with van der Waals surface area (Å²) >= 11 is 0. The molecule has 0 radical (unpaired) electrons. The number of aliphatic hydroxyl groups is 1. The van der Waals surface area contributed by atoms with E-state index in [9.17, 15) is 28.9 Å². The molecule has 0 aliphatic rings. The summed E-state index contributed by atoms with van der Waals surface area (Å²) in [6.07, 6.45) is 70.9. The second-order valence-corrected chi connectivity index (χ2v) is 21.9. The molecule has 3 atom stereocenters. The smallest absolute Gasteiger partial charge is 0.462 e. The molecule has 3 unspecified atom stereocenters. The van der Waals surface area contributed by atoms with Gasteiger partial charge in [-0.2, -0.15) is 0 Å². The fourth-order valence-electron chi connectivity index (χ4n) is 8.25. The number of phosphoric acid groups is 1. The van der Waals surface area contributed by atoms with E-state index in [0.717, 1.165) is 96.3 Å². The maximum Gasteiger partial charge on any atom is 0.472 e. The monoisotopic (exact) mass is 1110 g/mol. The second kappa shape index (κ2) is 59.5. The van der Waals surface area contributed by atoms with Crippen LogP contribution in [-0.4, -0.2) is 66.5 Å². The molecular formula is C66H113O11P. The van der Waals surface area contributed by atoms with Crippen LogP contribution in [0.1, 0.15) is 265 Å². The van der Waals surface area contributed by atoms with Gasteiger partial charge in [-0.15, -0.1) is 0 Å². The maximum atomic E-state index is 12.9. The second-order valence-electron chi connectivity index (χ2n) is 20.5. The van der Waals surface area contributed by atoms with Crippen LogP contribution < -0.4 is 0 Å². The highest BCUT2D eigenvalue weighted by Crippen LogP contribution is 2.43. The van der Waals surface area contributed by atoms with Gasteiger partial charge in [-0.1, -0.05) is 234 Å². The molecule has 78 heavy (non-hydrogen) atoms. The number of hydrogen-bond acceptors (Lipinski definition) is 10. The minimum absolute atomic E-state index is 0.0381. The summed E-state index contributed by atoms with van der Waals surface area (Å²) in [5.41, 5.74) is 0. The van der Waals surface area contributed by atoms with Crippen molar-refractivity contribution in [1.29, 1.82) is 0 Å². The van der Waals surface area contributed by atoms with Crippen LogP contribution >= 0.6 is 7.82 Å². The van der Waals surface area contributed by atoms with E-state index in [1.807, 2.05) is 12.2 Å². The molecule has 0 fully saturated rings. The number of phosphoric ester groups is 1. The topological polar surface area (TPSA) is 155 Å². The SMILES string of the molecule is CC/C=C\C/C=C\C/C=C\C/C=C\C/C=C\C/C=C\CCC(=O)OC(COC(=O)CCCCCCCCC/C=C\CCCCCCCC)COP(=O)(O)OCC(CO)OC(=O)CCCCCCC/C=C\CCCCCCCC. The van der Waals surface area contributed by atoms with Gasteiger partial charge in [0, 0.05) is 19.3 Å². The van der Waals surface area contributed by atoms with E-state index in [1.54, 1.807) is 0 Å². The van der Waals surface area contributed by atoms with Gasteiger partial charge in [0.15, 0.2) is 6.10 Å². The maximum absolute atomic E-state index is 12.9. The Morgan fingerprint density at radius 3 is 1.10 bits per heavy atom. The molecule has 0 aromatic carbocycles. The van der Waals surface area contributed by atoms with Crippen LogP contribution in [0.4, 0.5) is 0 Å². The van der Waals surface area contributed by atoms with Gasteiger partial charge in [-0.3, -0.25) is 23.4 Å². The number of allylic oxidation sites excluding steroid dienone is 16. The molecule has 448 valence electrons. The summed E-state index contributed by atoms with van der Waals surface area (Å²) in [5, 5.41) is 9.83. The van der Waals surface area contributed by atoms with Crippen molar-refractivity contribution in [3.05, 3.63) is 97.2 Å². The Morgan fingerprint density at radius 2 is 0.692 bits per heavy atom. The molecular weight excluding hydrogens is 1000 g/mol. The number of carbonyl (C=O) groups is 3. The highest BCUT2D eigenvalue weighted by molar-refractivity contribution is 7.47. The van der Waals surface area contributed by atoms with E-state index >= 15 is 0 Å². The number of esters is 3. The van der Waals surface area contributed by atoms with Crippen molar-refractivity contribution in [2.75, 3.05) is 26.4 Å². The van der Waals surface area contributed by atoms with Gasteiger partial charge < -0.3 is 24.2 Å². The van der Waals surface area contributed by atoms with Gasteiger partial charge in [0.2, 0.25) is 0 Å². The lowest BCUT2D eigenvalue weighted by Gasteiger charge is -2.21. The van der Waals surface area contributed by atoms with E-state index in [0.29, 0.717) is 25.7 Å². The molecule has 0 amide bonds. The zero-order chi connectivity index (χ0) is 56.9. The number of rotatable bonds is 57. The van der Waals surface area contributed by atoms with Crippen molar-refractivity contribution in [3.8, 4) is 0 Å². The minimum Gasteiger partial charge on any atom is -0.462 e. The van der Waals surface area contributed by atoms with Crippen LogP contribution in [0.3, 0.4) is 0 Å². The molecule has 0 bridgehead atoms. The Hall–Kier alpha value is -3.60. The van der Waals surface area contributed by atoms with Crippen LogP contribution in [0.25, 0.3) is 0 Å². The molecule has 2 N–H and O–H groups in total. The van der Waals surface area contributed by atoms with Crippen LogP contribution in [0, 0.1) is 0 Å². The average Bonchev–Trinajstić information content (AvgIpc) is 3.43. The normalized spacial score (nSPS) is 14.0. The van der Waals surface area contributed by atoms with Crippen molar-refractivity contribution >= 4 is 25.7 Å². The Balaban J connectivity index is 4.83. The zero-order valence-corrected chi connectivity index (χ0v) is 50.5. The highest BCUT2D eigenvalue weighted by Gasteiger charge is 2.28. The van der Waals surface area contributed by atoms with Crippen molar-refractivity contribution < 1.29 is 52.2 Å². The van der Waals surface area contributed by atoms with Crippen molar-refractivity contribution in [1.82, 2.24) is 0 Å². The van der Waals surface area contributed by atoms with Crippen LogP contribution in [-0.2, 0) is 42.2 Å². The Morgan fingerprint density at radius 1 is 0.372 bits per heavy atom. The lowest BCUT2D eigenvalue weighted by molar-refractivity contribution is -0.161. The predicted molar refractivity (Wildman–Crippen MR) is 325 cm³/mol. The van der Waals surface area contributed by atoms with Gasteiger partial charge in [0.05, 0.1) is 19.8 Å². The van der Waals surface area contributed by atoms with Gasteiger partial charge in [0.1, 0.15) is 12.7 Å². The van der Waals surface area contributed by atoms with Crippen molar-refractivity contribution in [2.24, 2.45) is 0 Å². The van der Waals surface area contributed by atoms with E-state index in [-0.39, 0.29) is 25.9 Å². The zero-order valence-electron chi connectivity index (χ0n) is 49.6. The Bertz CT molecular complexity index is 1680. The number of carbonyl (C=O) groups excluding carboxylic acids is 3. The van der Waals surface area contributed by atoms with Gasteiger partial charge in [-0.05, 0) is 109 Å². The minimum atomic E-state index is -4.78. The van der Waals surface area contributed by atoms with Crippen LogP contribution in [0.2, 0.25) is 0 Å². The highest BCUT2D eigenvalue weighted by atomic mass is 31.2. The molecule has 0 rings (SSSR count). The van der Waals surface area contributed by atoms with Gasteiger partial charge >= 0.3 is 25.7 Å². The Kier molecular flexibility index (Phi) is 56.8. The first-order valence-corrected chi connectivity index (χ1v) is 32.6. The van der Waals surface area contributed by atoms with Crippen LogP contribution in [0.15, 0.2) is 97.2 Å². The van der Waals surface area contributed by atoms with Crippen LogP contribution in [0.5, 0.6) is 0 Å². The molecule has 0 aliphatic carbocycles. The summed E-state index contributed by atoms with van der Waals surface area (Å²) in [7, 11) is -4.78. The summed E-state index contributed by atoms with van der Waals surface area (Å²) in [4.78, 5) is 48.6. The largest absolute Gasteiger partial charge is 0.472 e. The molecule has 0 saturated carbocycles. The lowest BCUT2D eigenvalue weighted by atomic mass is 10.1. The molecule has 0 aliphatic heterocycles. The first-order valence-electron chi connectivity index (χ1n) is 31.1. The third-order valence-corrected chi connectivity index (χ3v) is 13.9. The summed E-state index contributed by atoms with van der Waals surface area (Å²) in [6.45, 7) is 4.44. The number of unbranched alkanes of at least 4 members (excludes halogenated alkanes) is 24. The number of hydrogen-bond donors (Lipinski definition) is 2. The van der Waals surface area contributed by atoms with Gasteiger partial charge in [-0.25, -0.2) is 4.57 Å².